The highest BCUT2D eigenvalue weighted by Crippen LogP contribution is 2.49. The summed E-state index contributed by atoms with van der Waals surface area (Å²) in [7, 11) is -15.0. The number of hydrogen-bond acceptors (Lipinski definition) is 10. The predicted octanol–water partition coefficient (Wildman–Crippen LogP) is 5.48. The van der Waals surface area contributed by atoms with Crippen LogP contribution < -0.4 is 0 Å². The van der Waals surface area contributed by atoms with Crippen molar-refractivity contribution in [3.8, 4) is 0 Å². The molecule has 0 spiro atoms. The third-order valence-corrected chi connectivity index (χ3v) is 38.0. The summed E-state index contributed by atoms with van der Waals surface area (Å²) >= 11 is 0. The summed E-state index contributed by atoms with van der Waals surface area (Å²) in [6.45, 7) is 23.4. The first kappa shape index (κ1) is 41.1. The second kappa shape index (κ2) is 18.9. The Morgan fingerprint density at radius 2 is 1.06 bits per heavy atom. The average molecular weight is 802 g/mol. The van der Waals surface area contributed by atoms with Crippen LogP contribution in [0.25, 0.3) is 0 Å². The normalized spacial score (nSPS) is 43.0. The molecular weight excluding hydrogens is 733 g/mol. The van der Waals surface area contributed by atoms with Crippen LogP contribution in [-0.4, -0.2) is 92.4 Å². The van der Waals surface area contributed by atoms with E-state index in [4.69, 9.17) is 42.1 Å². The summed E-state index contributed by atoms with van der Waals surface area (Å²) in [5, 5.41) is 0. The zero-order chi connectivity index (χ0) is 34.2. The van der Waals surface area contributed by atoms with Crippen LogP contribution in [0.5, 0.6) is 0 Å². The molecule has 0 aromatic rings. The molecule has 4 atom stereocenters. The van der Waals surface area contributed by atoms with Gasteiger partial charge < -0.3 is 42.1 Å². The molecule has 4 rings (SSSR count). The van der Waals surface area contributed by atoms with Crippen molar-refractivity contribution >= 4 is 73.1 Å². The maximum Gasteiger partial charge on any atom is 0.479 e. The predicted molar refractivity (Wildman–Crippen MR) is 206 cm³/mol. The van der Waals surface area contributed by atoms with Crippen LogP contribution in [0.15, 0.2) is 0 Å². The fourth-order valence-corrected chi connectivity index (χ4v) is 36.4. The highest BCUT2D eigenvalue weighted by atomic mass is 28.5. The molecule has 4 aliphatic rings. The summed E-state index contributed by atoms with van der Waals surface area (Å²) in [4.78, 5) is 0. The molecule has 2 aliphatic carbocycles. The lowest BCUT2D eigenvalue weighted by atomic mass is 9.59. The molecule has 4 unspecified atom stereocenters. The maximum atomic E-state index is 6.44. The van der Waals surface area contributed by atoms with E-state index in [0.29, 0.717) is 18.1 Å². The van der Waals surface area contributed by atoms with Crippen molar-refractivity contribution in [2.45, 2.75) is 149 Å². The summed E-state index contributed by atoms with van der Waals surface area (Å²) < 4.78 is 62.4. The number of ether oxygens (including phenoxy) is 1. The van der Waals surface area contributed by atoms with Gasteiger partial charge in [-0.3, -0.25) is 0 Å². The Morgan fingerprint density at radius 3 is 1.57 bits per heavy atom. The van der Waals surface area contributed by atoms with Crippen LogP contribution in [0.4, 0.5) is 0 Å². The van der Waals surface area contributed by atoms with Gasteiger partial charge in [-0.15, -0.1) is 0 Å². The second-order valence-corrected chi connectivity index (χ2v) is 35.1. The van der Waals surface area contributed by atoms with Gasteiger partial charge in [0.25, 0.3) is 37.1 Å². The molecule has 47 heavy (non-hydrogen) atoms. The fourth-order valence-electron chi connectivity index (χ4n) is 8.58. The highest BCUT2D eigenvalue weighted by Gasteiger charge is 2.43. The summed E-state index contributed by atoms with van der Waals surface area (Å²) in [6.07, 6.45) is 14.1. The minimum atomic E-state index is -2.68. The van der Waals surface area contributed by atoms with E-state index in [9.17, 15) is 0 Å². The van der Waals surface area contributed by atoms with E-state index < -0.39 is 73.1 Å². The van der Waals surface area contributed by atoms with E-state index in [1.807, 2.05) is 6.55 Å². The van der Waals surface area contributed by atoms with Gasteiger partial charge in [-0.1, -0.05) is 26.7 Å². The summed E-state index contributed by atoms with van der Waals surface area (Å²) in [5.41, 5.74) is 0.399. The Bertz CT molecular complexity index is 829. The van der Waals surface area contributed by atoms with Crippen molar-refractivity contribution in [1.29, 1.82) is 0 Å². The Labute approximate surface area is 299 Å². The minimum absolute atomic E-state index is 0.399. The summed E-state index contributed by atoms with van der Waals surface area (Å²) in [5.74, 6) is 2.44. The zero-order valence-corrected chi connectivity index (χ0v) is 40.2. The molecule has 4 fully saturated rings. The van der Waals surface area contributed by atoms with Crippen molar-refractivity contribution in [3.63, 3.8) is 0 Å². The zero-order valence-electron chi connectivity index (χ0n) is 31.3. The Kier molecular flexibility index (Phi) is 16.5. The van der Waals surface area contributed by atoms with E-state index in [-0.39, 0.29) is 0 Å². The monoisotopic (exact) mass is 800 g/mol. The standard InChI is InChI=1S/C29H68O10Si8/c1-29(2,26-16-14-25(15-17-26)13-11-23-31-47(10)38-44(7)34-41(4)35-45(8)39-47)27-18-20-28(21-19-27)30-22-12-24-46(9)36-42(5)32-40(3)33-43(6)37-46/h25-28,40-45H,11-24H2,1-10H3. The van der Waals surface area contributed by atoms with Crippen LogP contribution in [-0.2, 0) is 42.1 Å². The molecule has 0 aromatic heterocycles. The maximum absolute atomic E-state index is 6.44. The third-order valence-electron chi connectivity index (χ3n) is 11.0. The number of hydrogen-bond donors (Lipinski definition) is 0. The molecule has 10 nitrogen and oxygen atoms in total. The summed E-state index contributed by atoms with van der Waals surface area (Å²) in [6, 6.07) is 0.957. The molecule has 0 amide bonds. The van der Waals surface area contributed by atoms with Crippen LogP contribution in [0.1, 0.15) is 84.5 Å². The third kappa shape index (κ3) is 13.4. The van der Waals surface area contributed by atoms with Gasteiger partial charge in [0.15, 0.2) is 0 Å². The molecule has 0 N–H and O–H groups in total. The first-order chi connectivity index (χ1) is 22.1. The largest absolute Gasteiger partial charge is 0.479 e. The highest BCUT2D eigenvalue weighted by molar-refractivity contribution is 6.81. The van der Waals surface area contributed by atoms with Crippen LogP contribution in [0.2, 0.25) is 58.4 Å². The minimum Gasteiger partial charge on any atom is -0.420 e. The lowest BCUT2D eigenvalue weighted by Gasteiger charge is -2.47. The molecule has 0 bridgehead atoms. The van der Waals surface area contributed by atoms with Gasteiger partial charge in [-0.05, 0) is 133 Å². The van der Waals surface area contributed by atoms with E-state index in [1.54, 1.807) is 0 Å². The van der Waals surface area contributed by atoms with Gasteiger partial charge in [0.2, 0.25) is 0 Å². The van der Waals surface area contributed by atoms with Gasteiger partial charge >= 0.3 is 35.9 Å². The van der Waals surface area contributed by atoms with Gasteiger partial charge in [-0.2, -0.15) is 0 Å². The Morgan fingerprint density at radius 1 is 0.596 bits per heavy atom. The van der Waals surface area contributed by atoms with Gasteiger partial charge in [0.1, 0.15) is 0 Å². The van der Waals surface area contributed by atoms with E-state index in [2.05, 4.69) is 59.7 Å². The molecule has 2 heterocycles. The molecule has 0 radical (unpaired) electrons. The Balaban J connectivity index is 1.10. The van der Waals surface area contributed by atoms with Gasteiger partial charge in [0, 0.05) is 19.8 Å². The van der Waals surface area contributed by atoms with Crippen molar-refractivity contribution in [1.82, 2.24) is 0 Å². The van der Waals surface area contributed by atoms with E-state index in [1.165, 1.54) is 57.8 Å². The van der Waals surface area contributed by atoms with Crippen molar-refractivity contribution in [3.05, 3.63) is 0 Å². The molecule has 18 heteroatoms. The SMILES string of the molecule is C[SiH]1O[SiH](C)O[Si](C)(CCCOC2CCC(C(C)(C)C3CCC(CCCO[Si]4(C)O[SiH](C)O[SiH](C)O[SiH](C)O4)CC3)CC2)O[SiH](C)O1. The van der Waals surface area contributed by atoms with Crippen molar-refractivity contribution in [2.24, 2.45) is 23.2 Å². The first-order valence-electron chi connectivity index (χ1n) is 18.7. The van der Waals surface area contributed by atoms with Crippen LogP contribution >= 0.6 is 0 Å². The van der Waals surface area contributed by atoms with Gasteiger partial charge in [-0.25, -0.2) is 0 Å². The van der Waals surface area contributed by atoms with Crippen LogP contribution in [0, 0.1) is 23.2 Å². The lowest BCUT2D eigenvalue weighted by Crippen LogP contribution is -2.55. The van der Waals surface area contributed by atoms with Gasteiger partial charge in [0.05, 0.1) is 6.10 Å². The average Bonchev–Trinajstić information content (AvgIpc) is 2.96. The second-order valence-electron chi connectivity index (χ2n) is 15.4. The van der Waals surface area contributed by atoms with Crippen molar-refractivity contribution in [2.75, 3.05) is 13.2 Å². The number of rotatable bonds is 12. The molecule has 2 aliphatic heterocycles. The smallest absolute Gasteiger partial charge is 0.420 e. The van der Waals surface area contributed by atoms with Crippen LogP contribution in [0.3, 0.4) is 0 Å². The Hall–Kier alpha value is 1.34. The quantitative estimate of drug-likeness (QED) is 0.187. The lowest BCUT2D eigenvalue weighted by molar-refractivity contribution is -0.0185. The van der Waals surface area contributed by atoms with E-state index >= 15 is 0 Å². The van der Waals surface area contributed by atoms with Crippen molar-refractivity contribution < 1.29 is 42.1 Å². The molecule has 276 valence electrons. The molecular formula is C29H68O10Si8. The topological polar surface area (TPSA) is 92.3 Å². The molecule has 2 saturated carbocycles. The first-order valence-corrected chi connectivity index (χ1v) is 36.1. The molecule has 2 saturated heterocycles. The van der Waals surface area contributed by atoms with E-state index in [0.717, 1.165) is 43.2 Å². The molecule has 0 aromatic carbocycles. The fraction of sp³-hybridized carbons (Fsp3) is 1.00.